The van der Waals surface area contributed by atoms with Gasteiger partial charge in [0.25, 0.3) is 0 Å². The number of halogens is 2. The minimum absolute atomic E-state index is 0.372. The third-order valence-corrected chi connectivity index (χ3v) is 2.04. The molecule has 0 spiro atoms. The lowest BCUT2D eigenvalue weighted by molar-refractivity contribution is 0.0598. The maximum Gasteiger partial charge on any atom is 0.342 e. The van der Waals surface area contributed by atoms with E-state index in [-0.39, 0.29) is 0 Å². The van der Waals surface area contributed by atoms with Crippen LogP contribution in [0.2, 0.25) is 0 Å². The zero-order valence-electron chi connectivity index (χ0n) is 5.56. The van der Waals surface area contributed by atoms with Gasteiger partial charge >= 0.3 is 5.97 Å². The highest BCUT2D eigenvalue weighted by Crippen LogP contribution is 2.25. The molecule has 0 aliphatic carbocycles. The van der Waals surface area contributed by atoms with Crippen LogP contribution in [0, 0.1) is 0 Å². The van der Waals surface area contributed by atoms with E-state index in [1.807, 2.05) is 0 Å². The van der Waals surface area contributed by atoms with Crippen LogP contribution in [0.4, 0.5) is 0 Å². The molecule has 11 heavy (non-hydrogen) atoms. The van der Waals surface area contributed by atoms with Gasteiger partial charge in [-0.15, -0.1) is 0 Å². The highest BCUT2D eigenvalue weighted by atomic mass is 79.9. The first-order chi connectivity index (χ1) is 5.15. The van der Waals surface area contributed by atoms with Crippen molar-refractivity contribution >= 4 is 37.8 Å². The zero-order valence-corrected chi connectivity index (χ0v) is 8.73. The van der Waals surface area contributed by atoms with Gasteiger partial charge in [0, 0.05) is 6.07 Å². The lowest BCUT2D eigenvalue weighted by Gasteiger charge is -1.92. The van der Waals surface area contributed by atoms with Gasteiger partial charge in [0.05, 0.1) is 7.11 Å². The number of carbonyl (C=O) groups is 1. The first-order valence-corrected chi connectivity index (χ1v) is 4.27. The van der Waals surface area contributed by atoms with Crippen LogP contribution in [-0.4, -0.2) is 13.1 Å². The summed E-state index contributed by atoms with van der Waals surface area (Å²) in [5.41, 5.74) is 0.374. The summed E-state index contributed by atoms with van der Waals surface area (Å²) in [5, 5.41) is 0. The van der Waals surface area contributed by atoms with Crippen LogP contribution in [0.15, 0.2) is 19.8 Å². The number of hydrogen-bond acceptors (Lipinski definition) is 3. The van der Waals surface area contributed by atoms with Crippen molar-refractivity contribution in [1.29, 1.82) is 0 Å². The van der Waals surface area contributed by atoms with E-state index in [1.54, 1.807) is 0 Å². The van der Waals surface area contributed by atoms with Crippen LogP contribution in [0.25, 0.3) is 0 Å². The molecule has 1 aromatic heterocycles. The summed E-state index contributed by atoms with van der Waals surface area (Å²) < 4.78 is 10.3. The Balaban J connectivity index is 3.03. The van der Waals surface area contributed by atoms with Crippen molar-refractivity contribution in [2.24, 2.45) is 0 Å². The third-order valence-electron chi connectivity index (χ3n) is 1.06. The normalized spacial score (nSPS) is 9.73. The summed E-state index contributed by atoms with van der Waals surface area (Å²) in [5.74, 6) is -0.425. The predicted molar refractivity (Wildman–Crippen MR) is 45.4 cm³/mol. The highest BCUT2D eigenvalue weighted by Gasteiger charge is 2.14. The second-order valence-electron chi connectivity index (χ2n) is 1.73. The monoisotopic (exact) mass is 282 g/mol. The second kappa shape index (κ2) is 3.40. The van der Waals surface area contributed by atoms with E-state index in [0.717, 1.165) is 0 Å². The fourth-order valence-corrected chi connectivity index (χ4v) is 1.65. The Hall–Kier alpha value is -0.290. The number of esters is 1. The van der Waals surface area contributed by atoms with Gasteiger partial charge in [-0.05, 0) is 31.9 Å². The number of hydrogen-bond donors (Lipinski definition) is 0. The highest BCUT2D eigenvalue weighted by molar-refractivity contribution is 9.11. The first kappa shape index (κ1) is 8.80. The van der Waals surface area contributed by atoms with Gasteiger partial charge in [-0.1, -0.05) is 0 Å². The summed E-state index contributed by atoms with van der Waals surface area (Å²) >= 11 is 6.14. The Labute approximate surface area is 80.0 Å². The fourth-order valence-electron chi connectivity index (χ4n) is 0.589. The van der Waals surface area contributed by atoms with Crippen LogP contribution in [-0.2, 0) is 4.74 Å². The molecule has 0 amide bonds. The molecule has 0 aromatic carbocycles. The van der Waals surface area contributed by atoms with E-state index in [4.69, 9.17) is 4.42 Å². The van der Waals surface area contributed by atoms with Gasteiger partial charge in [0.2, 0.25) is 0 Å². The summed E-state index contributed by atoms with van der Waals surface area (Å²) in [6, 6.07) is 1.54. The van der Waals surface area contributed by atoms with Crippen LogP contribution in [0.5, 0.6) is 0 Å². The minimum atomic E-state index is -0.425. The zero-order chi connectivity index (χ0) is 8.43. The van der Waals surface area contributed by atoms with Crippen molar-refractivity contribution in [3.63, 3.8) is 0 Å². The molecule has 1 rings (SSSR count). The second-order valence-corrected chi connectivity index (χ2v) is 3.23. The smallest absolute Gasteiger partial charge is 0.342 e. The van der Waals surface area contributed by atoms with Gasteiger partial charge < -0.3 is 9.15 Å². The largest absolute Gasteiger partial charge is 0.465 e. The standard InChI is InChI=1S/C6H4Br2O3/c1-10-6(9)3-2-4(7)11-5(3)8/h2H,1H3. The maximum absolute atomic E-state index is 10.9. The molecule has 0 radical (unpaired) electrons. The number of rotatable bonds is 1. The van der Waals surface area contributed by atoms with E-state index in [1.165, 1.54) is 13.2 Å². The van der Waals surface area contributed by atoms with Crippen molar-refractivity contribution in [3.8, 4) is 0 Å². The van der Waals surface area contributed by atoms with E-state index < -0.39 is 5.97 Å². The van der Waals surface area contributed by atoms with Gasteiger partial charge in [0.1, 0.15) is 5.56 Å². The van der Waals surface area contributed by atoms with Crippen molar-refractivity contribution in [1.82, 2.24) is 0 Å². The van der Waals surface area contributed by atoms with Crippen molar-refractivity contribution in [3.05, 3.63) is 21.0 Å². The average molecular weight is 284 g/mol. The van der Waals surface area contributed by atoms with Crippen LogP contribution in [0.1, 0.15) is 10.4 Å². The van der Waals surface area contributed by atoms with Gasteiger partial charge in [0.15, 0.2) is 9.34 Å². The molecule has 0 aliphatic rings. The Morgan fingerprint density at radius 1 is 1.64 bits per heavy atom. The van der Waals surface area contributed by atoms with E-state index >= 15 is 0 Å². The summed E-state index contributed by atoms with van der Waals surface area (Å²) in [7, 11) is 1.32. The van der Waals surface area contributed by atoms with Crippen molar-refractivity contribution in [2.45, 2.75) is 0 Å². The number of methoxy groups -OCH3 is 1. The van der Waals surface area contributed by atoms with Gasteiger partial charge in [-0.2, -0.15) is 0 Å². The first-order valence-electron chi connectivity index (χ1n) is 2.68. The topological polar surface area (TPSA) is 39.4 Å². The number of carbonyl (C=O) groups excluding carboxylic acids is 1. The van der Waals surface area contributed by atoms with Gasteiger partial charge in [-0.25, -0.2) is 4.79 Å². The Bertz CT molecular complexity index is 279. The molecule has 60 valence electrons. The third kappa shape index (κ3) is 1.84. The van der Waals surface area contributed by atoms with E-state index in [0.29, 0.717) is 14.9 Å². The molecule has 0 saturated carbocycles. The van der Waals surface area contributed by atoms with E-state index in [2.05, 4.69) is 36.6 Å². The predicted octanol–water partition coefficient (Wildman–Crippen LogP) is 2.59. The molecule has 0 saturated heterocycles. The molecule has 0 unspecified atom stereocenters. The lowest BCUT2D eigenvalue weighted by atomic mass is 10.3. The SMILES string of the molecule is COC(=O)c1cc(Br)oc1Br. The summed E-state index contributed by atoms with van der Waals surface area (Å²) in [6.07, 6.45) is 0. The minimum Gasteiger partial charge on any atom is -0.465 e. The Kier molecular flexibility index (Phi) is 2.72. The Morgan fingerprint density at radius 3 is 2.64 bits per heavy atom. The van der Waals surface area contributed by atoms with Gasteiger partial charge in [-0.3, -0.25) is 0 Å². The molecule has 0 atom stereocenters. The molecule has 0 fully saturated rings. The quantitative estimate of drug-likeness (QED) is 0.744. The molecule has 5 heteroatoms. The summed E-state index contributed by atoms with van der Waals surface area (Å²) in [6.45, 7) is 0. The maximum atomic E-state index is 10.9. The molecule has 0 N–H and O–H groups in total. The van der Waals surface area contributed by atoms with Crippen molar-refractivity contribution < 1.29 is 13.9 Å². The lowest BCUT2D eigenvalue weighted by Crippen LogP contribution is -1.99. The summed E-state index contributed by atoms with van der Waals surface area (Å²) in [4.78, 5) is 10.9. The molecular formula is C6H4Br2O3. The molecule has 0 aliphatic heterocycles. The Morgan fingerprint density at radius 2 is 2.27 bits per heavy atom. The molecular weight excluding hydrogens is 280 g/mol. The van der Waals surface area contributed by atoms with Crippen LogP contribution < -0.4 is 0 Å². The fraction of sp³-hybridized carbons (Fsp3) is 0.167. The number of furan rings is 1. The molecule has 0 bridgehead atoms. The molecule has 1 heterocycles. The van der Waals surface area contributed by atoms with Crippen molar-refractivity contribution in [2.75, 3.05) is 7.11 Å². The average Bonchev–Trinajstić information content (AvgIpc) is 2.28. The molecule has 3 nitrogen and oxygen atoms in total. The van der Waals surface area contributed by atoms with Crippen LogP contribution in [0.3, 0.4) is 0 Å². The number of ether oxygens (including phenoxy) is 1. The van der Waals surface area contributed by atoms with E-state index in [9.17, 15) is 4.79 Å². The molecule has 1 aromatic rings. The van der Waals surface area contributed by atoms with Crippen LogP contribution >= 0.6 is 31.9 Å².